The second-order valence-corrected chi connectivity index (χ2v) is 30.8. The second kappa shape index (κ2) is 49.5. The Labute approximate surface area is 722 Å². The molecule has 0 aliphatic rings. The van der Waals surface area contributed by atoms with Gasteiger partial charge in [-0.2, -0.15) is 0 Å². The first-order valence-corrected chi connectivity index (χ1v) is 41.2. The second-order valence-electron chi connectivity index (χ2n) is 30.8. The number of ketones is 3. The Kier molecular flexibility index (Phi) is 36.5. The third-order valence-electron chi connectivity index (χ3n) is 21.1. The van der Waals surface area contributed by atoms with E-state index in [1.807, 2.05) is 109 Å². The summed E-state index contributed by atoms with van der Waals surface area (Å²) < 4.78 is 22.3. The third kappa shape index (κ3) is 31.3. The van der Waals surface area contributed by atoms with Crippen molar-refractivity contribution in [3.63, 3.8) is 0 Å². The Balaban J connectivity index is 0.000000258. The number of aromatic hydroxyl groups is 2. The fourth-order valence-corrected chi connectivity index (χ4v) is 14.0. The lowest BCUT2D eigenvalue weighted by Crippen LogP contribution is -2.56. The van der Waals surface area contributed by atoms with Gasteiger partial charge in [0, 0.05) is 121 Å². The van der Waals surface area contributed by atoms with E-state index >= 15 is 0 Å². The number of rotatable bonds is 50. The van der Waals surface area contributed by atoms with E-state index in [9.17, 15) is 67.7 Å². The standard InChI is InChI=1S/C47H58N8O7.C24H33N5O4.C20H24N6O3/c1-29(54-46(61)34(21-35-26-52-40-13-6-5-12-38(35)40)24-43(58)39(49)25-36-27-51-28-53-36)42(57)23-33(19-31-14-16-37(56)17-15-31)47(62)55-41(20-30-9-3-2-4-10-30)44(59)22-32(45(50)60)11-7-8-18-48;25-13-5-4-8-20(22(27)31)28-24(33)21(15-16-6-2-1-3-7-16)29-23(32)19(26)14-17-9-11-18(30)12-10-17;1-12(10-27)25-20(29)18(6-13-8-23-17-5-3-2-4-15(13)17)26-19(28)16(21)7-14-9-22-11-24-14/h2-6,9-10,12-17,26-29,32-34,39,41,52,56H,7-8,11,18-25,48-49H2,1H3,(H2,50,60)(H,51,53)(H,54,61)(H,55,62);1-3,6-7,9-12,19-21,30H,4-5,8,13-15,25-26H2,(H2,27,31)(H,28,33)(H,29,32);2-5,8-12,16,18,23H,6-7,21H2,1H3,(H,22,24)(H,25,29)(H,26,28)/t29-,32+,33-,34-,39-,41+;19-,20-,21-;12?,16-,18-/m000/s1/i;;10D/hD2. The molecule has 0 spiro atoms. The highest BCUT2D eigenvalue weighted by Gasteiger charge is 2.35. The zero-order valence-electron chi connectivity index (χ0n) is 72.4. The zero-order valence-corrected chi connectivity index (χ0v) is 69.4. The van der Waals surface area contributed by atoms with E-state index in [2.05, 4.69) is 73.3 Å². The van der Waals surface area contributed by atoms with E-state index < -0.39 is 131 Å². The summed E-state index contributed by atoms with van der Waals surface area (Å²) in [6.07, 6.45) is 12.7. The first-order valence-electron chi connectivity index (χ1n) is 42.7. The highest BCUT2D eigenvalue weighted by atomic mass is 16.3. The number of aromatic amines is 4. The van der Waals surface area contributed by atoms with Gasteiger partial charge in [0.25, 0.3) is 0 Å². The Morgan fingerprint density at radius 3 is 1.35 bits per heavy atom. The lowest BCUT2D eigenvalue weighted by atomic mass is 9.88. The predicted octanol–water partition coefficient (Wildman–Crippen LogP) is 3.80. The fraction of sp³-hybridized carbons (Fsp3) is 0.363. The van der Waals surface area contributed by atoms with E-state index in [-0.39, 0.29) is 93.7 Å². The lowest BCUT2D eigenvalue weighted by molar-refractivity contribution is -0.135. The molecule has 0 saturated carbocycles. The Morgan fingerprint density at radius 2 is 0.847 bits per heavy atom. The predicted molar refractivity (Wildman–Crippen MR) is 469 cm³/mol. The van der Waals surface area contributed by atoms with Crippen molar-refractivity contribution < 1.29 is 71.9 Å². The van der Waals surface area contributed by atoms with E-state index in [0.29, 0.717) is 68.6 Å². The quantitative estimate of drug-likeness (QED) is 0.0190. The van der Waals surface area contributed by atoms with E-state index in [1.54, 1.807) is 49.1 Å². The molecular weight excluding hydrogens is 1580 g/mol. The fourth-order valence-electron chi connectivity index (χ4n) is 14.0. The summed E-state index contributed by atoms with van der Waals surface area (Å²) in [4.78, 5) is 177. The van der Waals surface area contributed by atoms with Crippen molar-refractivity contribution >= 4 is 92.7 Å². The lowest BCUT2D eigenvalue weighted by Gasteiger charge is -2.25. The summed E-state index contributed by atoms with van der Waals surface area (Å²) in [5, 5.41) is 37.4. The van der Waals surface area contributed by atoms with Crippen LogP contribution in [0.15, 0.2) is 195 Å². The van der Waals surface area contributed by atoms with Crippen LogP contribution in [0.5, 0.6) is 11.5 Å². The molecule has 10 rings (SSSR count). The SMILES string of the molecule is C[C@H](NC(=O)[C@H](CC(=O)[C@@H](N)Cc1cnc[nH]1)Cc1c[nH]c2ccccc12)C(=O)C[C@H](Cc1ccc(O)cc1)C(=O)N[C@H](Cc1ccccc1)C(=O)C[C@@H](CCCCN)C(N)=O.[2H]N[C@@H](Cc1ccc(O)cc1)C(=O)N[C@@H](Cc1ccccc1)C(=O)N[C@@H](CCCCN)C(N)=O.[2H]N[C@@H](Cc1cnc[nH]1)C(=O)N[C@@H](Cc1c[nH]c2ccccc12)C(=O)NC(C)C([2H])=O. The number of phenols is 2. The van der Waals surface area contributed by atoms with Crippen molar-refractivity contribution in [2.24, 2.45) is 57.9 Å². The van der Waals surface area contributed by atoms with Gasteiger partial charge in [-0.1, -0.05) is 128 Å². The van der Waals surface area contributed by atoms with Crippen LogP contribution in [0.4, 0.5) is 0 Å². The minimum absolute atomic E-state index is 0.0223. The molecule has 0 aliphatic heterocycles. The first kappa shape index (κ1) is 91.4. The normalized spacial score (nSPS) is 14.3. The number of amides is 8. The maximum absolute atomic E-state index is 14.3. The van der Waals surface area contributed by atoms with E-state index in [0.717, 1.165) is 49.6 Å². The van der Waals surface area contributed by atoms with Gasteiger partial charge in [0.1, 0.15) is 40.1 Å². The number of nitrogens with one attached hydrogen (secondary N) is 10. The van der Waals surface area contributed by atoms with Gasteiger partial charge in [-0.05, 0) is 155 Å². The van der Waals surface area contributed by atoms with Crippen LogP contribution >= 0.6 is 0 Å². The molecule has 0 aliphatic carbocycles. The molecule has 0 fully saturated rings. The van der Waals surface area contributed by atoms with Crippen LogP contribution in [0, 0.1) is 17.8 Å². The number of carbonyl (C=O) groups is 12. The third-order valence-corrected chi connectivity index (χ3v) is 21.1. The van der Waals surface area contributed by atoms with Gasteiger partial charge in [-0.3, -0.25) is 52.7 Å². The number of H-pyrrole nitrogens is 4. The van der Waals surface area contributed by atoms with E-state index in [1.165, 1.54) is 50.8 Å². The first-order chi connectivity index (χ1) is 61.0. The van der Waals surface area contributed by atoms with Crippen LogP contribution in [0.2, 0.25) is 2.82 Å². The molecule has 8 amide bonds. The van der Waals surface area contributed by atoms with Crippen molar-refractivity contribution in [2.45, 2.75) is 177 Å². The Hall–Kier alpha value is -13.3. The summed E-state index contributed by atoms with van der Waals surface area (Å²) in [6.45, 7) is 3.84. The van der Waals surface area contributed by atoms with Crippen molar-refractivity contribution in [2.75, 3.05) is 13.1 Å². The van der Waals surface area contributed by atoms with Crippen LogP contribution in [0.3, 0.4) is 0 Å². The zero-order chi connectivity index (χ0) is 91.9. The highest BCUT2D eigenvalue weighted by molar-refractivity contribution is 5.98. The van der Waals surface area contributed by atoms with Gasteiger partial charge >= 0.3 is 0 Å². The molecule has 0 bridgehead atoms. The number of unbranched alkanes of at least 4 members (excludes halogenated alkanes) is 2. The summed E-state index contributed by atoms with van der Waals surface area (Å²) in [5.41, 5.74) is 40.7. The number of Topliss-reactive ketones (excluding diaryl/α,β-unsaturated/α-hetero) is 3. The molecule has 6 aromatic carbocycles. The van der Waals surface area contributed by atoms with Crippen LogP contribution in [0.1, 0.15) is 118 Å². The number of hydrogen-bond acceptors (Lipinski definition) is 21. The van der Waals surface area contributed by atoms with Crippen molar-refractivity contribution in [1.29, 1.82) is 0 Å². The summed E-state index contributed by atoms with van der Waals surface area (Å²) in [7, 11) is 0. The number of imidazole rings is 2. The smallest absolute Gasteiger partial charge is 0.243 e. The van der Waals surface area contributed by atoms with Gasteiger partial charge < -0.3 is 107 Å². The summed E-state index contributed by atoms with van der Waals surface area (Å²) in [6, 6.07) is 37.2. The number of phenolic OH excluding ortho intramolecular Hbond substituents is 2. The Bertz CT molecular complexity index is 5200. The number of para-hydroxylation sites is 2. The topological polar surface area (TPSA) is 589 Å². The van der Waals surface area contributed by atoms with Crippen LogP contribution in [0.25, 0.3) is 21.8 Å². The Morgan fingerprint density at radius 1 is 0.419 bits per heavy atom. The largest absolute Gasteiger partial charge is 0.508 e. The number of nitrogens with zero attached hydrogens (tertiary/aromatic N) is 2. The molecule has 4 aromatic heterocycles. The minimum Gasteiger partial charge on any atom is -0.508 e. The summed E-state index contributed by atoms with van der Waals surface area (Å²) in [5.74, 6) is -8.27. The minimum atomic E-state index is -1.07. The molecule has 0 saturated heterocycles. The monoisotopic (exact) mass is 1700 g/mol. The van der Waals surface area contributed by atoms with Gasteiger partial charge in [-0.25, -0.2) is 9.97 Å². The molecule has 124 heavy (non-hydrogen) atoms. The summed E-state index contributed by atoms with van der Waals surface area (Å²) >= 11 is 0. The van der Waals surface area contributed by atoms with Crippen LogP contribution in [-0.2, 0) is 109 Å². The van der Waals surface area contributed by atoms with Crippen LogP contribution < -0.4 is 72.0 Å². The van der Waals surface area contributed by atoms with Gasteiger partial charge in [0.2, 0.25) is 47.3 Å². The van der Waals surface area contributed by atoms with Crippen molar-refractivity contribution in [3.8, 4) is 11.5 Å². The molecule has 33 heteroatoms. The maximum atomic E-state index is 14.3. The van der Waals surface area contributed by atoms with Crippen molar-refractivity contribution in [3.05, 3.63) is 240 Å². The van der Waals surface area contributed by atoms with E-state index in [4.69, 9.17) is 32.9 Å². The molecule has 26 N–H and O–H groups in total. The number of benzene rings is 6. The molecule has 0 radical (unpaired) electrons. The maximum Gasteiger partial charge on any atom is 0.243 e. The molecule has 658 valence electrons. The molecule has 4 heterocycles. The van der Waals surface area contributed by atoms with Gasteiger partial charge in [0.05, 0.1) is 48.9 Å². The van der Waals surface area contributed by atoms with Gasteiger partial charge in [0.15, 0.2) is 17.3 Å². The number of hydrogen-bond donors (Lipinski definition) is 19. The number of nitrogens with two attached hydrogens (primary N) is 7. The molecule has 10 aromatic rings. The van der Waals surface area contributed by atoms with Gasteiger partial charge in [-0.15, -0.1) is 0 Å². The van der Waals surface area contributed by atoms with Crippen molar-refractivity contribution in [1.82, 2.24) is 61.8 Å². The highest BCUT2D eigenvalue weighted by Crippen LogP contribution is 2.26. The molecular formula is C91H115N19O14. The molecule has 33 nitrogen and oxygen atoms in total. The average Bonchev–Trinajstić information content (AvgIpc) is 1.69. The van der Waals surface area contributed by atoms with Crippen LogP contribution in [-0.4, -0.2) is 178 Å². The number of primary amides is 2. The number of aromatic nitrogens is 6. The molecule has 12 atom stereocenters. The number of aldehydes is 1. The molecule has 1 unspecified atom stereocenters. The number of fused-ring (bicyclic) bond motifs is 2. The average molecular weight is 1700 g/mol. The number of carbonyl (C=O) groups excluding carboxylic acids is 12.